The van der Waals surface area contributed by atoms with Crippen LogP contribution in [0.5, 0.6) is 0 Å². The van der Waals surface area contributed by atoms with Gasteiger partial charge in [-0.05, 0) is 20.4 Å². The van der Waals surface area contributed by atoms with Crippen molar-refractivity contribution >= 4 is 5.97 Å². The van der Waals surface area contributed by atoms with Gasteiger partial charge in [0.25, 0.3) is 0 Å². The van der Waals surface area contributed by atoms with Crippen LogP contribution in [-0.2, 0) is 9.53 Å². The maximum atomic E-state index is 10.5. The highest BCUT2D eigenvalue weighted by Crippen LogP contribution is 1.90. The lowest BCUT2D eigenvalue weighted by Crippen LogP contribution is -2.23. The average Bonchev–Trinajstić information content (AvgIpc) is 2.04. The minimum Gasteiger partial charge on any atom is -0.462 e. The SMILES string of the molecule is C=CC(=O)OCCC(C)NC. The molecule has 3 nitrogen and oxygen atoms in total. The van der Waals surface area contributed by atoms with Crippen LogP contribution in [0.3, 0.4) is 0 Å². The Hall–Kier alpha value is -0.830. The summed E-state index contributed by atoms with van der Waals surface area (Å²) in [5.41, 5.74) is 0. The lowest BCUT2D eigenvalue weighted by molar-refractivity contribution is -0.137. The topological polar surface area (TPSA) is 38.3 Å². The molecule has 1 unspecified atom stereocenters. The van der Waals surface area contributed by atoms with Crippen LogP contribution in [0.1, 0.15) is 13.3 Å². The van der Waals surface area contributed by atoms with E-state index < -0.39 is 0 Å². The number of nitrogens with one attached hydrogen (secondary N) is 1. The first-order valence-corrected chi connectivity index (χ1v) is 3.67. The van der Waals surface area contributed by atoms with Crippen LogP contribution in [0.15, 0.2) is 12.7 Å². The fourth-order valence-electron chi connectivity index (χ4n) is 0.540. The molecular formula is C8H15NO2. The van der Waals surface area contributed by atoms with Crippen molar-refractivity contribution in [2.45, 2.75) is 19.4 Å². The van der Waals surface area contributed by atoms with Crippen LogP contribution in [0, 0.1) is 0 Å². The van der Waals surface area contributed by atoms with Crippen molar-refractivity contribution < 1.29 is 9.53 Å². The Kier molecular flexibility index (Phi) is 5.47. The predicted molar refractivity (Wildman–Crippen MR) is 44.3 cm³/mol. The van der Waals surface area contributed by atoms with Crippen molar-refractivity contribution in [1.82, 2.24) is 5.32 Å². The zero-order valence-electron chi connectivity index (χ0n) is 7.09. The van der Waals surface area contributed by atoms with Crippen LogP contribution in [0.25, 0.3) is 0 Å². The van der Waals surface area contributed by atoms with E-state index in [1.807, 2.05) is 14.0 Å². The van der Waals surface area contributed by atoms with Gasteiger partial charge in [0.1, 0.15) is 0 Å². The normalized spacial score (nSPS) is 12.2. The van der Waals surface area contributed by atoms with Gasteiger partial charge in [0.15, 0.2) is 0 Å². The fraction of sp³-hybridized carbons (Fsp3) is 0.625. The standard InChI is InChI=1S/C8H15NO2/c1-4-8(10)11-6-5-7(2)9-3/h4,7,9H,1,5-6H2,2-3H3. The van der Waals surface area contributed by atoms with Crippen LogP contribution >= 0.6 is 0 Å². The van der Waals surface area contributed by atoms with Gasteiger partial charge in [-0.2, -0.15) is 0 Å². The van der Waals surface area contributed by atoms with E-state index in [9.17, 15) is 4.79 Å². The second-order valence-electron chi connectivity index (χ2n) is 2.35. The van der Waals surface area contributed by atoms with Crippen molar-refractivity contribution in [3.8, 4) is 0 Å². The lowest BCUT2D eigenvalue weighted by atomic mass is 10.2. The second-order valence-corrected chi connectivity index (χ2v) is 2.35. The van der Waals surface area contributed by atoms with E-state index in [0.29, 0.717) is 12.6 Å². The smallest absolute Gasteiger partial charge is 0.330 e. The van der Waals surface area contributed by atoms with Gasteiger partial charge in [-0.15, -0.1) is 0 Å². The maximum Gasteiger partial charge on any atom is 0.330 e. The molecule has 0 aliphatic rings. The summed E-state index contributed by atoms with van der Waals surface area (Å²) >= 11 is 0. The molecule has 0 radical (unpaired) electrons. The van der Waals surface area contributed by atoms with Crippen LogP contribution in [-0.4, -0.2) is 25.7 Å². The van der Waals surface area contributed by atoms with Crippen molar-refractivity contribution in [2.24, 2.45) is 0 Å². The summed E-state index contributed by atoms with van der Waals surface area (Å²) in [7, 11) is 1.87. The fourth-order valence-corrected chi connectivity index (χ4v) is 0.540. The molecule has 0 heterocycles. The van der Waals surface area contributed by atoms with Gasteiger partial charge in [-0.1, -0.05) is 6.58 Å². The lowest BCUT2D eigenvalue weighted by Gasteiger charge is -2.08. The molecule has 0 aromatic rings. The van der Waals surface area contributed by atoms with Crippen LogP contribution in [0.4, 0.5) is 0 Å². The van der Waals surface area contributed by atoms with E-state index in [4.69, 9.17) is 4.74 Å². The number of ether oxygens (including phenoxy) is 1. The van der Waals surface area contributed by atoms with Crippen molar-refractivity contribution in [3.05, 3.63) is 12.7 Å². The third kappa shape index (κ3) is 5.61. The molecule has 0 aromatic carbocycles. The molecule has 1 N–H and O–H groups in total. The Morgan fingerprint density at radius 3 is 2.91 bits per heavy atom. The monoisotopic (exact) mass is 157 g/mol. The summed E-state index contributed by atoms with van der Waals surface area (Å²) in [6.45, 7) is 5.77. The predicted octanol–water partition coefficient (Wildman–Crippen LogP) is 0.714. The van der Waals surface area contributed by atoms with E-state index in [0.717, 1.165) is 6.42 Å². The Morgan fingerprint density at radius 1 is 1.82 bits per heavy atom. The number of esters is 1. The molecule has 0 fully saturated rings. The highest BCUT2D eigenvalue weighted by Gasteiger charge is 1.99. The number of rotatable bonds is 5. The Morgan fingerprint density at radius 2 is 2.45 bits per heavy atom. The van der Waals surface area contributed by atoms with E-state index in [1.165, 1.54) is 6.08 Å². The molecule has 0 amide bonds. The van der Waals surface area contributed by atoms with Crippen LogP contribution in [0.2, 0.25) is 0 Å². The van der Waals surface area contributed by atoms with Crippen molar-refractivity contribution in [1.29, 1.82) is 0 Å². The molecule has 64 valence electrons. The molecule has 0 aliphatic heterocycles. The molecule has 11 heavy (non-hydrogen) atoms. The quantitative estimate of drug-likeness (QED) is 0.472. The van der Waals surface area contributed by atoms with Gasteiger partial charge >= 0.3 is 5.97 Å². The second kappa shape index (κ2) is 5.92. The summed E-state index contributed by atoms with van der Waals surface area (Å²) < 4.78 is 4.77. The van der Waals surface area contributed by atoms with Gasteiger partial charge in [0, 0.05) is 12.1 Å². The number of hydrogen-bond donors (Lipinski definition) is 1. The van der Waals surface area contributed by atoms with E-state index >= 15 is 0 Å². The average molecular weight is 157 g/mol. The van der Waals surface area contributed by atoms with Gasteiger partial charge in [-0.25, -0.2) is 4.79 Å². The van der Waals surface area contributed by atoms with Crippen molar-refractivity contribution in [3.63, 3.8) is 0 Å². The maximum absolute atomic E-state index is 10.5. The van der Waals surface area contributed by atoms with Gasteiger partial charge in [-0.3, -0.25) is 0 Å². The molecule has 0 bridgehead atoms. The van der Waals surface area contributed by atoms with Gasteiger partial charge < -0.3 is 10.1 Å². The molecule has 0 saturated heterocycles. The minimum absolute atomic E-state index is 0.353. The Balaban J connectivity index is 3.26. The number of hydrogen-bond acceptors (Lipinski definition) is 3. The summed E-state index contributed by atoms with van der Waals surface area (Å²) in [5.74, 6) is -0.353. The first-order chi connectivity index (χ1) is 5.20. The molecule has 3 heteroatoms. The zero-order valence-corrected chi connectivity index (χ0v) is 7.09. The summed E-state index contributed by atoms with van der Waals surface area (Å²) in [5, 5.41) is 3.04. The minimum atomic E-state index is -0.353. The number of carbonyl (C=O) groups excluding carboxylic acids is 1. The summed E-state index contributed by atoms with van der Waals surface area (Å²) in [6.07, 6.45) is 2.00. The molecule has 0 rings (SSSR count). The first-order valence-electron chi connectivity index (χ1n) is 3.67. The third-order valence-corrected chi connectivity index (χ3v) is 1.45. The van der Waals surface area contributed by atoms with E-state index in [-0.39, 0.29) is 5.97 Å². The molecule has 1 atom stereocenters. The molecule has 0 spiro atoms. The molecule has 0 saturated carbocycles. The highest BCUT2D eigenvalue weighted by atomic mass is 16.5. The first kappa shape index (κ1) is 10.2. The Bertz CT molecular complexity index is 134. The van der Waals surface area contributed by atoms with Crippen molar-refractivity contribution in [2.75, 3.05) is 13.7 Å². The van der Waals surface area contributed by atoms with E-state index in [1.54, 1.807) is 0 Å². The van der Waals surface area contributed by atoms with E-state index in [2.05, 4.69) is 11.9 Å². The van der Waals surface area contributed by atoms with Gasteiger partial charge in [0.2, 0.25) is 0 Å². The molecule has 0 aromatic heterocycles. The van der Waals surface area contributed by atoms with Crippen LogP contribution < -0.4 is 5.32 Å². The van der Waals surface area contributed by atoms with Gasteiger partial charge in [0.05, 0.1) is 6.61 Å². The molecular weight excluding hydrogens is 142 g/mol. The highest BCUT2D eigenvalue weighted by molar-refractivity contribution is 5.81. The third-order valence-electron chi connectivity index (χ3n) is 1.45. The Labute approximate surface area is 67.4 Å². The summed E-state index contributed by atoms with van der Waals surface area (Å²) in [6, 6.07) is 0.382. The molecule has 0 aliphatic carbocycles. The summed E-state index contributed by atoms with van der Waals surface area (Å²) in [4.78, 5) is 10.5. The largest absolute Gasteiger partial charge is 0.462 e. The number of carbonyl (C=O) groups is 1. The zero-order chi connectivity index (χ0) is 8.69.